The van der Waals surface area contributed by atoms with Crippen LogP contribution in [0.15, 0.2) is 12.3 Å². The monoisotopic (exact) mass is 192 g/mol. The van der Waals surface area contributed by atoms with E-state index in [4.69, 9.17) is 17.3 Å². The van der Waals surface area contributed by atoms with E-state index in [9.17, 15) is 0 Å². The van der Waals surface area contributed by atoms with Crippen molar-refractivity contribution >= 4 is 24.0 Å². The quantitative estimate of drug-likeness (QED) is 0.692. The zero-order valence-electron chi connectivity index (χ0n) is 6.17. The summed E-state index contributed by atoms with van der Waals surface area (Å²) in [7, 11) is 0. The van der Waals surface area contributed by atoms with Crippen LogP contribution >= 0.6 is 24.0 Å². The topological polar surface area (TPSA) is 38.9 Å². The largest absolute Gasteiger partial charge is 0.326 e. The van der Waals surface area contributed by atoms with Gasteiger partial charge in [-0.2, -0.15) is 0 Å². The van der Waals surface area contributed by atoms with Gasteiger partial charge in [-0.15, -0.1) is 12.4 Å². The summed E-state index contributed by atoms with van der Waals surface area (Å²) in [5, 5.41) is 0.508. The summed E-state index contributed by atoms with van der Waals surface area (Å²) in [4.78, 5) is 3.93. The molecular formula is C7H10Cl2N2. The highest BCUT2D eigenvalue weighted by atomic mass is 35.5. The number of hydrogen-bond acceptors (Lipinski definition) is 2. The fourth-order valence-corrected chi connectivity index (χ4v) is 0.937. The van der Waals surface area contributed by atoms with E-state index in [1.165, 1.54) is 0 Å². The molecule has 0 fully saturated rings. The van der Waals surface area contributed by atoms with E-state index in [-0.39, 0.29) is 12.4 Å². The molecule has 0 bridgehead atoms. The van der Waals surface area contributed by atoms with E-state index in [1.54, 1.807) is 6.20 Å². The van der Waals surface area contributed by atoms with E-state index in [0.717, 1.165) is 11.1 Å². The lowest BCUT2D eigenvalue weighted by Gasteiger charge is -1.99. The molecule has 0 saturated carbocycles. The molecule has 0 amide bonds. The van der Waals surface area contributed by atoms with E-state index in [1.807, 2.05) is 13.0 Å². The highest BCUT2D eigenvalue weighted by Crippen LogP contribution is 2.12. The Morgan fingerprint density at radius 3 is 2.73 bits per heavy atom. The predicted molar refractivity (Wildman–Crippen MR) is 49.1 cm³/mol. The van der Waals surface area contributed by atoms with E-state index in [0.29, 0.717) is 11.7 Å². The Labute approximate surface area is 77.2 Å². The molecule has 0 saturated heterocycles. The second-order valence-corrected chi connectivity index (χ2v) is 2.52. The molecule has 1 heterocycles. The number of halogens is 2. The van der Waals surface area contributed by atoms with Crippen LogP contribution in [0.2, 0.25) is 5.15 Å². The number of hydrogen-bond donors (Lipinski definition) is 1. The minimum atomic E-state index is 0. The van der Waals surface area contributed by atoms with Crippen LogP contribution in [0.5, 0.6) is 0 Å². The van der Waals surface area contributed by atoms with Gasteiger partial charge >= 0.3 is 0 Å². The van der Waals surface area contributed by atoms with Crippen LogP contribution in [-0.4, -0.2) is 4.98 Å². The van der Waals surface area contributed by atoms with Gasteiger partial charge < -0.3 is 5.73 Å². The molecule has 1 rings (SSSR count). The van der Waals surface area contributed by atoms with Crippen LogP contribution in [0, 0.1) is 6.92 Å². The second-order valence-electron chi connectivity index (χ2n) is 2.17. The zero-order chi connectivity index (χ0) is 7.56. The first kappa shape index (κ1) is 10.7. The molecule has 0 atom stereocenters. The Kier molecular flexibility index (Phi) is 4.42. The van der Waals surface area contributed by atoms with Crippen molar-refractivity contribution < 1.29 is 0 Å². The van der Waals surface area contributed by atoms with Crippen LogP contribution in [0.3, 0.4) is 0 Å². The Hall–Kier alpha value is -0.310. The third-order valence-corrected chi connectivity index (χ3v) is 1.61. The zero-order valence-corrected chi connectivity index (χ0v) is 7.75. The van der Waals surface area contributed by atoms with E-state index >= 15 is 0 Å². The molecule has 1 aromatic rings. The van der Waals surface area contributed by atoms with E-state index < -0.39 is 0 Å². The molecule has 2 N–H and O–H groups in total. The van der Waals surface area contributed by atoms with Crippen molar-refractivity contribution in [3.05, 3.63) is 28.5 Å². The van der Waals surface area contributed by atoms with Gasteiger partial charge in [-0.1, -0.05) is 17.7 Å². The van der Waals surface area contributed by atoms with Gasteiger partial charge in [-0.05, 0) is 12.5 Å². The molecule has 0 aliphatic carbocycles. The molecule has 4 heteroatoms. The van der Waals surface area contributed by atoms with Crippen LogP contribution < -0.4 is 5.73 Å². The molecule has 0 aromatic carbocycles. The van der Waals surface area contributed by atoms with Crippen LogP contribution in [0.4, 0.5) is 0 Å². The average Bonchev–Trinajstić information content (AvgIpc) is 1.94. The van der Waals surface area contributed by atoms with Crippen molar-refractivity contribution in [3.8, 4) is 0 Å². The summed E-state index contributed by atoms with van der Waals surface area (Å²) >= 11 is 5.71. The number of aromatic nitrogens is 1. The van der Waals surface area contributed by atoms with Gasteiger partial charge in [0.25, 0.3) is 0 Å². The number of rotatable bonds is 1. The summed E-state index contributed by atoms with van der Waals surface area (Å²) in [5.74, 6) is 0. The smallest absolute Gasteiger partial charge is 0.133 e. The van der Waals surface area contributed by atoms with Crippen molar-refractivity contribution in [3.63, 3.8) is 0 Å². The van der Waals surface area contributed by atoms with Gasteiger partial charge in [0.2, 0.25) is 0 Å². The van der Waals surface area contributed by atoms with Crippen molar-refractivity contribution in [1.29, 1.82) is 0 Å². The SMILES string of the molecule is Cc1cnc(Cl)c(CN)c1.Cl. The van der Waals surface area contributed by atoms with Crippen LogP contribution in [0.1, 0.15) is 11.1 Å². The van der Waals surface area contributed by atoms with Crippen LogP contribution in [0.25, 0.3) is 0 Å². The summed E-state index contributed by atoms with van der Waals surface area (Å²) < 4.78 is 0. The molecule has 1 aromatic heterocycles. The lowest BCUT2D eigenvalue weighted by molar-refractivity contribution is 1.04. The third kappa shape index (κ3) is 2.66. The molecule has 62 valence electrons. The second kappa shape index (κ2) is 4.54. The Morgan fingerprint density at radius 2 is 2.27 bits per heavy atom. The highest BCUT2D eigenvalue weighted by Gasteiger charge is 1.97. The average molecular weight is 193 g/mol. The van der Waals surface area contributed by atoms with Gasteiger partial charge in [0.15, 0.2) is 0 Å². The first-order valence-electron chi connectivity index (χ1n) is 3.05. The molecule has 0 unspecified atom stereocenters. The highest BCUT2D eigenvalue weighted by molar-refractivity contribution is 6.30. The fraction of sp³-hybridized carbons (Fsp3) is 0.286. The number of pyridine rings is 1. The molecule has 0 radical (unpaired) electrons. The first-order chi connectivity index (χ1) is 4.74. The van der Waals surface area contributed by atoms with Gasteiger partial charge in [-0.25, -0.2) is 4.98 Å². The van der Waals surface area contributed by atoms with Crippen molar-refractivity contribution in [2.75, 3.05) is 0 Å². The number of aryl methyl sites for hydroxylation is 1. The normalized spacial score (nSPS) is 9.00. The van der Waals surface area contributed by atoms with Gasteiger partial charge in [0.05, 0.1) is 0 Å². The number of nitrogens with zero attached hydrogens (tertiary/aromatic N) is 1. The standard InChI is InChI=1S/C7H9ClN2.ClH/c1-5-2-6(3-9)7(8)10-4-5;/h2,4H,3,9H2,1H3;1H. The Bertz CT molecular complexity index is 238. The molecule has 0 spiro atoms. The van der Waals surface area contributed by atoms with Gasteiger partial charge in [0, 0.05) is 18.3 Å². The lowest BCUT2D eigenvalue weighted by atomic mass is 10.2. The predicted octanol–water partition coefficient (Wildman–Crippen LogP) is 1.92. The van der Waals surface area contributed by atoms with Crippen molar-refractivity contribution in [2.45, 2.75) is 13.5 Å². The molecule has 0 aliphatic rings. The summed E-state index contributed by atoms with van der Waals surface area (Å²) in [6, 6.07) is 1.94. The minimum Gasteiger partial charge on any atom is -0.326 e. The summed E-state index contributed by atoms with van der Waals surface area (Å²) in [6.07, 6.45) is 1.72. The maximum Gasteiger partial charge on any atom is 0.133 e. The fourth-order valence-electron chi connectivity index (χ4n) is 0.756. The molecule has 2 nitrogen and oxygen atoms in total. The van der Waals surface area contributed by atoms with E-state index in [2.05, 4.69) is 4.98 Å². The first-order valence-corrected chi connectivity index (χ1v) is 3.43. The maximum atomic E-state index is 5.71. The molecule has 0 aliphatic heterocycles. The maximum absolute atomic E-state index is 5.71. The third-order valence-electron chi connectivity index (χ3n) is 1.27. The molecule has 11 heavy (non-hydrogen) atoms. The van der Waals surface area contributed by atoms with Gasteiger partial charge in [-0.3, -0.25) is 0 Å². The molecular weight excluding hydrogens is 183 g/mol. The minimum absolute atomic E-state index is 0. The van der Waals surface area contributed by atoms with Crippen molar-refractivity contribution in [2.24, 2.45) is 5.73 Å². The summed E-state index contributed by atoms with van der Waals surface area (Å²) in [5.41, 5.74) is 7.39. The summed E-state index contributed by atoms with van der Waals surface area (Å²) in [6.45, 7) is 2.41. The number of nitrogens with two attached hydrogens (primary N) is 1. The lowest BCUT2D eigenvalue weighted by Crippen LogP contribution is -1.98. The van der Waals surface area contributed by atoms with Crippen molar-refractivity contribution in [1.82, 2.24) is 4.98 Å². The van der Waals surface area contributed by atoms with Gasteiger partial charge in [0.1, 0.15) is 5.15 Å². The Morgan fingerprint density at radius 1 is 1.64 bits per heavy atom. The Balaban J connectivity index is 0.000001000. The van der Waals surface area contributed by atoms with Crippen LogP contribution in [-0.2, 0) is 6.54 Å².